The largest absolute Gasteiger partial charge is 0.445 e. The van der Waals surface area contributed by atoms with Crippen molar-refractivity contribution in [2.45, 2.75) is 45.4 Å². The summed E-state index contributed by atoms with van der Waals surface area (Å²) in [6.45, 7) is 3.71. The van der Waals surface area contributed by atoms with E-state index in [1.54, 1.807) is 11.0 Å². The van der Waals surface area contributed by atoms with Gasteiger partial charge in [-0.05, 0) is 42.5 Å². The third-order valence-electron chi connectivity index (χ3n) is 5.88. The number of ether oxygens (including phenoxy) is 1. The molecule has 2 aromatic rings. The number of carbonyl (C=O) groups excluding carboxylic acids is 2. The van der Waals surface area contributed by atoms with E-state index < -0.39 is 18.0 Å². The SMILES string of the molecule is CC(=O)N1c2ccc(F)cc2[C@H](NC(=O)OCc2ccccc2)[C@@H](C)C1C1CC1. The third kappa shape index (κ3) is 3.97. The molecular formula is C23H25FN2O3. The summed E-state index contributed by atoms with van der Waals surface area (Å²) < 4.78 is 19.4. The first-order valence-corrected chi connectivity index (χ1v) is 10.0. The van der Waals surface area contributed by atoms with Gasteiger partial charge in [0.15, 0.2) is 0 Å². The molecule has 1 N–H and O–H groups in total. The minimum absolute atomic E-state index is 0.0233. The molecule has 4 rings (SSSR count). The molecule has 0 saturated heterocycles. The molecule has 0 radical (unpaired) electrons. The Morgan fingerprint density at radius 3 is 2.55 bits per heavy atom. The monoisotopic (exact) mass is 396 g/mol. The highest BCUT2D eigenvalue weighted by atomic mass is 19.1. The summed E-state index contributed by atoms with van der Waals surface area (Å²) in [7, 11) is 0. The molecule has 0 spiro atoms. The lowest BCUT2D eigenvalue weighted by molar-refractivity contribution is -0.117. The molecule has 1 unspecified atom stereocenters. The number of amides is 2. The highest BCUT2D eigenvalue weighted by molar-refractivity contribution is 5.94. The summed E-state index contributed by atoms with van der Waals surface area (Å²) >= 11 is 0. The zero-order valence-electron chi connectivity index (χ0n) is 16.6. The molecule has 2 aliphatic rings. The van der Waals surface area contributed by atoms with E-state index in [-0.39, 0.29) is 24.5 Å². The van der Waals surface area contributed by atoms with Crippen LogP contribution in [0.3, 0.4) is 0 Å². The van der Waals surface area contributed by atoms with Gasteiger partial charge in [-0.3, -0.25) is 4.79 Å². The molecule has 0 bridgehead atoms. The molecule has 2 amide bonds. The van der Waals surface area contributed by atoms with Crippen molar-refractivity contribution in [1.82, 2.24) is 5.32 Å². The van der Waals surface area contributed by atoms with E-state index in [0.717, 1.165) is 18.4 Å². The molecule has 0 aromatic heterocycles. The van der Waals surface area contributed by atoms with Crippen molar-refractivity contribution in [3.8, 4) is 0 Å². The van der Waals surface area contributed by atoms with Crippen molar-refractivity contribution in [3.63, 3.8) is 0 Å². The minimum Gasteiger partial charge on any atom is -0.445 e. The van der Waals surface area contributed by atoms with Gasteiger partial charge in [-0.2, -0.15) is 0 Å². The van der Waals surface area contributed by atoms with Crippen molar-refractivity contribution in [3.05, 3.63) is 65.5 Å². The number of hydrogen-bond donors (Lipinski definition) is 1. The summed E-state index contributed by atoms with van der Waals surface area (Å²) in [5, 5.41) is 2.93. The Morgan fingerprint density at radius 1 is 1.17 bits per heavy atom. The number of nitrogens with zero attached hydrogens (tertiary/aromatic N) is 1. The van der Waals surface area contributed by atoms with Gasteiger partial charge in [-0.15, -0.1) is 0 Å². The number of halogens is 1. The molecule has 1 heterocycles. The first-order valence-electron chi connectivity index (χ1n) is 10.0. The second-order valence-corrected chi connectivity index (χ2v) is 7.96. The summed E-state index contributed by atoms with van der Waals surface area (Å²) in [6.07, 6.45) is 1.56. The highest BCUT2D eigenvalue weighted by Crippen LogP contribution is 2.49. The van der Waals surface area contributed by atoms with Crippen molar-refractivity contribution in [2.75, 3.05) is 4.90 Å². The number of fused-ring (bicyclic) bond motifs is 1. The first kappa shape index (κ1) is 19.4. The summed E-state index contributed by atoms with van der Waals surface area (Å²) in [4.78, 5) is 26.8. The normalized spacial score (nSPS) is 23.3. The lowest BCUT2D eigenvalue weighted by Gasteiger charge is -2.45. The van der Waals surface area contributed by atoms with Crippen LogP contribution in [0, 0.1) is 17.7 Å². The number of anilines is 1. The van der Waals surface area contributed by atoms with Gasteiger partial charge in [0.2, 0.25) is 5.91 Å². The van der Waals surface area contributed by atoms with Crippen LogP contribution < -0.4 is 10.2 Å². The van der Waals surface area contributed by atoms with Crippen LogP contribution in [0.4, 0.5) is 14.9 Å². The molecule has 1 saturated carbocycles. The molecule has 1 aliphatic heterocycles. The minimum atomic E-state index is -0.549. The lowest BCUT2D eigenvalue weighted by Crippen LogP contribution is -2.53. The van der Waals surface area contributed by atoms with Crippen LogP contribution in [0.1, 0.15) is 43.9 Å². The number of rotatable bonds is 4. The van der Waals surface area contributed by atoms with Crippen LogP contribution in [0.25, 0.3) is 0 Å². The van der Waals surface area contributed by atoms with Crippen molar-refractivity contribution < 1.29 is 18.7 Å². The summed E-state index contributed by atoms with van der Waals surface area (Å²) in [5.74, 6) is -0.123. The second kappa shape index (κ2) is 7.85. The topological polar surface area (TPSA) is 58.6 Å². The van der Waals surface area contributed by atoms with E-state index in [4.69, 9.17) is 4.74 Å². The zero-order chi connectivity index (χ0) is 20.5. The van der Waals surface area contributed by atoms with Crippen LogP contribution >= 0.6 is 0 Å². The Labute approximate surface area is 169 Å². The van der Waals surface area contributed by atoms with Gasteiger partial charge < -0.3 is 15.0 Å². The van der Waals surface area contributed by atoms with E-state index in [1.807, 2.05) is 37.3 Å². The highest BCUT2D eigenvalue weighted by Gasteiger charge is 2.48. The molecule has 1 fully saturated rings. The maximum atomic E-state index is 14.1. The summed E-state index contributed by atoms with van der Waals surface area (Å²) in [6, 6.07) is 13.4. The maximum absolute atomic E-state index is 14.1. The van der Waals surface area contributed by atoms with Gasteiger partial charge in [0.05, 0.1) is 6.04 Å². The third-order valence-corrected chi connectivity index (χ3v) is 5.88. The molecular weight excluding hydrogens is 371 g/mol. The molecule has 5 nitrogen and oxygen atoms in total. The summed E-state index contributed by atoms with van der Waals surface area (Å²) in [5.41, 5.74) is 2.17. The Bertz CT molecular complexity index is 914. The fourth-order valence-electron chi connectivity index (χ4n) is 4.43. The molecule has 29 heavy (non-hydrogen) atoms. The van der Waals surface area contributed by atoms with Gasteiger partial charge in [0.1, 0.15) is 12.4 Å². The van der Waals surface area contributed by atoms with Gasteiger partial charge >= 0.3 is 6.09 Å². The van der Waals surface area contributed by atoms with Crippen LogP contribution in [-0.2, 0) is 16.1 Å². The predicted molar refractivity (Wildman–Crippen MR) is 108 cm³/mol. The Morgan fingerprint density at radius 2 is 1.90 bits per heavy atom. The molecule has 152 valence electrons. The van der Waals surface area contributed by atoms with E-state index in [1.165, 1.54) is 19.1 Å². The lowest BCUT2D eigenvalue weighted by atomic mass is 9.80. The molecule has 6 heteroatoms. The average Bonchev–Trinajstić information content (AvgIpc) is 3.53. The number of alkyl carbamates (subject to hydrolysis) is 1. The number of nitrogens with one attached hydrogen (secondary N) is 1. The molecule has 3 atom stereocenters. The number of hydrogen-bond acceptors (Lipinski definition) is 3. The maximum Gasteiger partial charge on any atom is 0.407 e. The quantitative estimate of drug-likeness (QED) is 0.823. The Balaban J connectivity index is 1.59. The van der Waals surface area contributed by atoms with Gasteiger partial charge in [0.25, 0.3) is 0 Å². The fourth-order valence-corrected chi connectivity index (χ4v) is 4.43. The predicted octanol–water partition coefficient (Wildman–Crippen LogP) is 4.57. The van der Waals surface area contributed by atoms with Crippen LogP contribution in [0.15, 0.2) is 48.5 Å². The smallest absolute Gasteiger partial charge is 0.407 e. The Hall–Kier alpha value is -2.89. The van der Waals surface area contributed by atoms with Gasteiger partial charge in [-0.25, -0.2) is 9.18 Å². The van der Waals surface area contributed by atoms with Crippen molar-refractivity contribution >= 4 is 17.7 Å². The van der Waals surface area contributed by atoms with E-state index in [0.29, 0.717) is 17.2 Å². The van der Waals surface area contributed by atoms with Crippen LogP contribution in [0.5, 0.6) is 0 Å². The van der Waals surface area contributed by atoms with Crippen LogP contribution in [-0.4, -0.2) is 18.0 Å². The van der Waals surface area contributed by atoms with E-state index >= 15 is 0 Å². The van der Waals surface area contributed by atoms with Crippen LogP contribution in [0.2, 0.25) is 0 Å². The standard InChI is InChI=1S/C23H25FN2O3/c1-14-21(25-23(28)29-13-16-6-4-3-5-7-16)19-12-18(24)10-11-20(19)26(15(2)27)22(14)17-8-9-17/h3-7,10-12,14,17,21-22H,8-9,13H2,1-2H3,(H,25,28)/t14-,21-,22?/m1/s1. The zero-order valence-corrected chi connectivity index (χ0v) is 16.6. The number of benzene rings is 2. The Kier molecular flexibility index (Phi) is 5.26. The second-order valence-electron chi connectivity index (χ2n) is 7.96. The van der Waals surface area contributed by atoms with Gasteiger partial charge in [0, 0.05) is 30.1 Å². The van der Waals surface area contributed by atoms with Crippen molar-refractivity contribution in [1.29, 1.82) is 0 Å². The molecule has 2 aromatic carbocycles. The van der Waals surface area contributed by atoms with E-state index in [9.17, 15) is 14.0 Å². The van der Waals surface area contributed by atoms with Crippen molar-refractivity contribution in [2.24, 2.45) is 11.8 Å². The average molecular weight is 396 g/mol. The first-order chi connectivity index (χ1) is 14.0. The number of carbonyl (C=O) groups is 2. The fraction of sp³-hybridized carbons (Fsp3) is 0.391. The van der Waals surface area contributed by atoms with E-state index in [2.05, 4.69) is 5.32 Å². The van der Waals surface area contributed by atoms with Gasteiger partial charge in [-0.1, -0.05) is 37.3 Å². The molecule has 1 aliphatic carbocycles.